The van der Waals surface area contributed by atoms with Gasteiger partial charge in [0.05, 0.1) is 0 Å². The van der Waals surface area contributed by atoms with Crippen LogP contribution in [0, 0.1) is 0 Å². The van der Waals surface area contributed by atoms with Crippen LogP contribution in [-0.4, -0.2) is 10.2 Å². The Bertz CT molecular complexity index is 2950. The van der Waals surface area contributed by atoms with E-state index in [2.05, 4.69) is 132 Å². The molecule has 0 atom stereocenters. The van der Waals surface area contributed by atoms with E-state index in [1.807, 2.05) is 60.7 Å². The molecule has 0 radical (unpaired) electrons. The molecular formula is C50H30N2O3. The van der Waals surface area contributed by atoms with Gasteiger partial charge in [-0.05, 0) is 69.8 Å². The first-order valence-electron chi connectivity index (χ1n) is 18.3. The number of rotatable bonds is 6. The van der Waals surface area contributed by atoms with Gasteiger partial charge >= 0.3 is 0 Å². The van der Waals surface area contributed by atoms with Crippen LogP contribution < -0.4 is 0 Å². The molecule has 0 bridgehead atoms. The van der Waals surface area contributed by atoms with Crippen molar-refractivity contribution in [3.8, 4) is 67.4 Å². The van der Waals surface area contributed by atoms with Crippen LogP contribution in [0.4, 0.5) is 0 Å². The average molecular weight is 707 g/mol. The van der Waals surface area contributed by atoms with Crippen molar-refractivity contribution in [2.24, 2.45) is 0 Å². The lowest BCUT2D eigenvalue weighted by molar-refractivity contribution is 0.584. The van der Waals surface area contributed by atoms with Gasteiger partial charge in [0, 0.05) is 43.8 Å². The van der Waals surface area contributed by atoms with Gasteiger partial charge in [-0.15, -0.1) is 10.2 Å². The summed E-state index contributed by atoms with van der Waals surface area (Å²) in [5, 5.41) is 13.3. The molecule has 0 aliphatic rings. The van der Waals surface area contributed by atoms with Gasteiger partial charge in [0.25, 0.3) is 0 Å². The van der Waals surface area contributed by atoms with Crippen molar-refractivity contribution in [2.45, 2.75) is 0 Å². The van der Waals surface area contributed by atoms with Crippen molar-refractivity contribution in [2.75, 3.05) is 0 Å². The molecule has 0 aliphatic heterocycles. The standard InChI is InChI=1S/C50H30N2O3/c1-3-13-45-41(7-1)43-11-5-9-39(47(43)53-45)35-23-15-31(16-24-35)33-19-27-37(28-20-33)49-51-52-50(55-49)38-29-21-34(22-30-38)32-17-25-36(26-18-32)40-10-6-12-44-42-8-2-4-14-46(42)54-48(40)44/h1-30H. The third-order valence-electron chi connectivity index (χ3n) is 10.6. The van der Waals surface area contributed by atoms with E-state index in [0.717, 1.165) is 99.5 Å². The summed E-state index contributed by atoms with van der Waals surface area (Å²) in [6.07, 6.45) is 0. The highest BCUT2D eigenvalue weighted by Gasteiger charge is 2.15. The quantitative estimate of drug-likeness (QED) is 0.172. The molecule has 3 heterocycles. The SMILES string of the molecule is c1ccc2c(c1)oc1c(-c3ccc(-c4ccc(-c5nnc(-c6ccc(-c7ccc(-c8cccc9c8oc8ccccc89)cc7)cc6)o5)cc4)cc3)cccc12. The Morgan fingerprint density at radius 2 is 0.582 bits per heavy atom. The number of para-hydroxylation sites is 4. The number of benzene rings is 8. The molecule has 5 heteroatoms. The normalized spacial score (nSPS) is 11.6. The van der Waals surface area contributed by atoms with E-state index in [4.69, 9.17) is 13.3 Å². The first kappa shape index (κ1) is 31.1. The fourth-order valence-corrected chi connectivity index (χ4v) is 7.70. The van der Waals surface area contributed by atoms with E-state index >= 15 is 0 Å². The molecule has 3 aromatic heterocycles. The molecule has 0 aliphatic carbocycles. The lowest BCUT2D eigenvalue weighted by Crippen LogP contribution is -1.83. The summed E-state index contributed by atoms with van der Waals surface area (Å²) in [5.41, 5.74) is 14.2. The summed E-state index contributed by atoms with van der Waals surface area (Å²) < 4.78 is 18.7. The first-order valence-corrected chi connectivity index (χ1v) is 18.3. The topological polar surface area (TPSA) is 65.2 Å². The highest BCUT2D eigenvalue weighted by atomic mass is 16.4. The van der Waals surface area contributed by atoms with Crippen molar-refractivity contribution in [1.82, 2.24) is 10.2 Å². The zero-order chi connectivity index (χ0) is 36.3. The molecule has 0 unspecified atom stereocenters. The van der Waals surface area contributed by atoms with E-state index in [1.54, 1.807) is 0 Å². The van der Waals surface area contributed by atoms with Crippen LogP contribution in [0.15, 0.2) is 195 Å². The predicted molar refractivity (Wildman–Crippen MR) is 221 cm³/mol. The maximum absolute atomic E-state index is 6.27. The second kappa shape index (κ2) is 12.6. The van der Waals surface area contributed by atoms with Gasteiger partial charge in [-0.1, -0.05) is 146 Å². The van der Waals surface area contributed by atoms with E-state index < -0.39 is 0 Å². The fraction of sp³-hybridized carbons (Fsp3) is 0. The maximum atomic E-state index is 6.27. The second-order valence-electron chi connectivity index (χ2n) is 13.8. The van der Waals surface area contributed by atoms with Gasteiger partial charge < -0.3 is 13.3 Å². The minimum atomic E-state index is 0.481. The van der Waals surface area contributed by atoms with Gasteiger partial charge in [0.2, 0.25) is 11.8 Å². The molecule has 11 aromatic rings. The molecule has 0 fully saturated rings. The molecule has 8 aromatic carbocycles. The van der Waals surface area contributed by atoms with Crippen LogP contribution >= 0.6 is 0 Å². The van der Waals surface area contributed by atoms with Crippen molar-refractivity contribution >= 4 is 43.9 Å². The molecular weight excluding hydrogens is 677 g/mol. The Hall–Kier alpha value is -7.50. The third-order valence-corrected chi connectivity index (χ3v) is 10.6. The van der Waals surface area contributed by atoms with Gasteiger partial charge in [0.1, 0.15) is 22.3 Å². The zero-order valence-corrected chi connectivity index (χ0v) is 29.4. The first-order chi connectivity index (χ1) is 27.2. The second-order valence-corrected chi connectivity index (χ2v) is 13.8. The average Bonchev–Trinajstić information content (AvgIpc) is 4.00. The molecule has 5 nitrogen and oxygen atoms in total. The Morgan fingerprint density at radius 3 is 0.982 bits per heavy atom. The Labute approximate surface area is 315 Å². The van der Waals surface area contributed by atoms with Crippen LogP contribution in [0.5, 0.6) is 0 Å². The summed E-state index contributed by atoms with van der Waals surface area (Å²) in [6, 6.07) is 62.7. The molecule has 55 heavy (non-hydrogen) atoms. The van der Waals surface area contributed by atoms with Crippen LogP contribution in [0.1, 0.15) is 0 Å². The summed E-state index contributed by atoms with van der Waals surface area (Å²) >= 11 is 0. The van der Waals surface area contributed by atoms with Crippen molar-refractivity contribution in [3.63, 3.8) is 0 Å². The lowest BCUT2D eigenvalue weighted by Gasteiger charge is -2.07. The minimum Gasteiger partial charge on any atom is -0.455 e. The van der Waals surface area contributed by atoms with Crippen LogP contribution in [-0.2, 0) is 0 Å². The van der Waals surface area contributed by atoms with Crippen LogP contribution in [0.25, 0.3) is 111 Å². The van der Waals surface area contributed by atoms with Gasteiger partial charge in [-0.3, -0.25) is 0 Å². The van der Waals surface area contributed by atoms with Crippen molar-refractivity contribution < 1.29 is 13.3 Å². The number of hydrogen-bond acceptors (Lipinski definition) is 5. The molecule has 0 spiro atoms. The highest BCUT2D eigenvalue weighted by Crippen LogP contribution is 2.38. The van der Waals surface area contributed by atoms with E-state index in [0.29, 0.717) is 11.8 Å². The number of hydrogen-bond donors (Lipinski definition) is 0. The summed E-state index contributed by atoms with van der Waals surface area (Å²) in [4.78, 5) is 0. The predicted octanol–water partition coefficient (Wildman–Crippen LogP) is 13.9. The molecule has 0 saturated heterocycles. The molecule has 0 N–H and O–H groups in total. The summed E-state index contributed by atoms with van der Waals surface area (Å²) in [7, 11) is 0. The molecule has 0 saturated carbocycles. The molecule has 11 rings (SSSR count). The van der Waals surface area contributed by atoms with Crippen LogP contribution in [0.2, 0.25) is 0 Å². The van der Waals surface area contributed by atoms with Crippen molar-refractivity contribution in [3.05, 3.63) is 182 Å². The number of furan rings is 2. The van der Waals surface area contributed by atoms with E-state index in [9.17, 15) is 0 Å². The van der Waals surface area contributed by atoms with E-state index in [1.165, 1.54) is 0 Å². The maximum Gasteiger partial charge on any atom is 0.248 e. The summed E-state index contributed by atoms with van der Waals surface area (Å²) in [6.45, 7) is 0. The summed E-state index contributed by atoms with van der Waals surface area (Å²) in [5.74, 6) is 0.963. The number of aromatic nitrogens is 2. The smallest absolute Gasteiger partial charge is 0.248 e. The Kier molecular flexibility index (Phi) is 7.10. The Morgan fingerprint density at radius 1 is 0.255 bits per heavy atom. The fourth-order valence-electron chi connectivity index (χ4n) is 7.70. The highest BCUT2D eigenvalue weighted by molar-refractivity contribution is 6.10. The monoisotopic (exact) mass is 706 g/mol. The third kappa shape index (κ3) is 5.33. The number of nitrogens with zero attached hydrogens (tertiary/aromatic N) is 2. The van der Waals surface area contributed by atoms with E-state index in [-0.39, 0.29) is 0 Å². The van der Waals surface area contributed by atoms with Gasteiger partial charge in [-0.2, -0.15) is 0 Å². The zero-order valence-electron chi connectivity index (χ0n) is 29.4. The van der Waals surface area contributed by atoms with Gasteiger partial charge in [0.15, 0.2) is 0 Å². The molecule has 0 amide bonds. The number of fused-ring (bicyclic) bond motifs is 6. The lowest BCUT2D eigenvalue weighted by atomic mass is 9.98. The van der Waals surface area contributed by atoms with Gasteiger partial charge in [-0.25, -0.2) is 0 Å². The molecule has 258 valence electrons. The van der Waals surface area contributed by atoms with Crippen LogP contribution in [0.3, 0.4) is 0 Å². The minimum absolute atomic E-state index is 0.481. The van der Waals surface area contributed by atoms with Crippen molar-refractivity contribution in [1.29, 1.82) is 0 Å². The largest absolute Gasteiger partial charge is 0.455 e. The Balaban J connectivity index is 0.794.